The van der Waals surface area contributed by atoms with Gasteiger partial charge in [0.15, 0.2) is 0 Å². The van der Waals surface area contributed by atoms with Crippen molar-refractivity contribution in [1.82, 2.24) is 0 Å². The fourth-order valence-corrected chi connectivity index (χ4v) is 2.28. The minimum absolute atomic E-state index is 0.0813. The van der Waals surface area contributed by atoms with Crippen molar-refractivity contribution in [3.8, 4) is 0 Å². The van der Waals surface area contributed by atoms with E-state index in [2.05, 4.69) is 19.1 Å². The lowest BCUT2D eigenvalue weighted by Crippen LogP contribution is -2.46. The van der Waals surface area contributed by atoms with Crippen molar-refractivity contribution in [2.45, 2.75) is 31.5 Å². The van der Waals surface area contributed by atoms with Gasteiger partial charge in [0.1, 0.15) is 0 Å². The smallest absolute Gasteiger partial charge is 0.0856 e. The molecule has 1 aromatic rings. The van der Waals surface area contributed by atoms with Crippen molar-refractivity contribution < 1.29 is 9.47 Å². The van der Waals surface area contributed by atoms with E-state index in [9.17, 15) is 0 Å². The third kappa shape index (κ3) is 3.06. The average molecular weight is 235 g/mol. The van der Waals surface area contributed by atoms with Gasteiger partial charge in [-0.3, -0.25) is 0 Å². The SMILES string of the molecule is CC(OC1(CN)CCOCC1)c1ccccc1. The van der Waals surface area contributed by atoms with Crippen LogP contribution in [0, 0.1) is 0 Å². The molecule has 1 atom stereocenters. The molecule has 1 saturated heterocycles. The number of nitrogens with two attached hydrogens (primary N) is 1. The zero-order valence-electron chi connectivity index (χ0n) is 10.4. The molecular formula is C14H21NO2. The van der Waals surface area contributed by atoms with Crippen molar-refractivity contribution >= 4 is 0 Å². The first-order valence-corrected chi connectivity index (χ1v) is 6.26. The van der Waals surface area contributed by atoms with Gasteiger partial charge in [0.05, 0.1) is 11.7 Å². The summed E-state index contributed by atoms with van der Waals surface area (Å²) >= 11 is 0. The summed E-state index contributed by atoms with van der Waals surface area (Å²) in [5, 5.41) is 0. The number of hydrogen-bond donors (Lipinski definition) is 1. The van der Waals surface area contributed by atoms with Crippen LogP contribution < -0.4 is 5.73 Å². The Morgan fingerprint density at radius 2 is 1.94 bits per heavy atom. The molecule has 1 fully saturated rings. The highest BCUT2D eigenvalue weighted by Crippen LogP contribution is 2.30. The van der Waals surface area contributed by atoms with E-state index in [1.165, 1.54) is 5.56 Å². The number of rotatable bonds is 4. The van der Waals surface area contributed by atoms with E-state index in [0.29, 0.717) is 6.54 Å². The third-order valence-corrected chi connectivity index (χ3v) is 3.47. The first-order chi connectivity index (χ1) is 8.26. The fourth-order valence-electron chi connectivity index (χ4n) is 2.28. The second kappa shape index (κ2) is 5.63. The second-order valence-electron chi connectivity index (χ2n) is 4.67. The van der Waals surface area contributed by atoms with Crippen LogP contribution in [0.4, 0.5) is 0 Å². The van der Waals surface area contributed by atoms with Crippen molar-refractivity contribution in [1.29, 1.82) is 0 Å². The summed E-state index contributed by atoms with van der Waals surface area (Å²) in [7, 11) is 0. The summed E-state index contributed by atoms with van der Waals surface area (Å²) in [5.41, 5.74) is 6.88. The van der Waals surface area contributed by atoms with Crippen LogP contribution in [-0.4, -0.2) is 25.4 Å². The van der Waals surface area contributed by atoms with E-state index in [1.54, 1.807) is 0 Å². The molecule has 94 valence electrons. The lowest BCUT2D eigenvalue weighted by molar-refractivity contribution is -0.134. The Bertz CT molecular complexity index is 333. The van der Waals surface area contributed by atoms with Crippen LogP contribution in [0.2, 0.25) is 0 Å². The Hall–Kier alpha value is -0.900. The summed E-state index contributed by atoms with van der Waals surface area (Å²) < 4.78 is 11.6. The summed E-state index contributed by atoms with van der Waals surface area (Å²) in [4.78, 5) is 0. The summed E-state index contributed by atoms with van der Waals surface area (Å²) in [6.45, 7) is 4.15. The van der Waals surface area contributed by atoms with Crippen LogP contribution in [0.3, 0.4) is 0 Å². The van der Waals surface area contributed by atoms with Crippen molar-refractivity contribution in [2.24, 2.45) is 5.73 Å². The predicted molar refractivity (Wildman–Crippen MR) is 67.8 cm³/mol. The molecule has 17 heavy (non-hydrogen) atoms. The molecule has 3 nitrogen and oxygen atoms in total. The Kier molecular flexibility index (Phi) is 4.15. The lowest BCUT2D eigenvalue weighted by Gasteiger charge is -2.38. The van der Waals surface area contributed by atoms with E-state index >= 15 is 0 Å². The fraction of sp³-hybridized carbons (Fsp3) is 0.571. The van der Waals surface area contributed by atoms with Crippen LogP contribution in [-0.2, 0) is 9.47 Å². The Morgan fingerprint density at radius 1 is 1.29 bits per heavy atom. The highest BCUT2D eigenvalue weighted by Gasteiger charge is 2.34. The number of benzene rings is 1. The Balaban J connectivity index is 2.03. The van der Waals surface area contributed by atoms with Crippen LogP contribution in [0.1, 0.15) is 31.4 Å². The van der Waals surface area contributed by atoms with Gasteiger partial charge in [0.25, 0.3) is 0 Å². The van der Waals surface area contributed by atoms with E-state index < -0.39 is 0 Å². The molecule has 1 heterocycles. The summed E-state index contributed by atoms with van der Waals surface area (Å²) in [6.07, 6.45) is 1.86. The van der Waals surface area contributed by atoms with Gasteiger partial charge >= 0.3 is 0 Å². The highest BCUT2D eigenvalue weighted by atomic mass is 16.5. The molecular weight excluding hydrogens is 214 g/mol. The van der Waals surface area contributed by atoms with E-state index in [0.717, 1.165) is 26.1 Å². The van der Waals surface area contributed by atoms with Crippen LogP contribution >= 0.6 is 0 Å². The molecule has 0 aromatic heterocycles. The van der Waals surface area contributed by atoms with Crippen LogP contribution in [0.25, 0.3) is 0 Å². The largest absolute Gasteiger partial charge is 0.381 e. The third-order valence-electron chi connectivity index (χ3n) is 3.47. The standard InChI is InChI=1S/C14H21NO2/c1-12(13-5-3-2-4-6-13)17-14(11-15)7-9-16-10-8-14/h2-6,12H,7-11,15H2,1H3. The summed E-state index contributed by atoms with van der Waals surface area (Å²) in [6, 6.07) is 10.3. The molecule has 0 amide bonds. The molecule has 0 saturated carbocycles. The maximum absolute atomic E-state index is 6.21. The second-order valence-corrected chi connectivity index (χ2v) is 4.67. The quantitative estimate of drug-likeness (QED) is 0.870. The maximum atomic E-state index is 6.21. The zero-order valence-corrected chi connectivity index (χ0v) is 10.4. The van der Waals surface area contributed by atoms with Gasteiger partial charge in [-0.15, -0.1) is 0 Å². The molecule has 2 rings (SSSR count). The minimum atomic E-state index is -0.201. The zero-order chi connectivity index (χ0) is 12.1. The lowest BCUT2D eigenvalue weighted by atomic mass is 9.93. The molecule has 0 radical (unpaired) electrons. The molecule has 2 N–H and O–H groups in total. The molecule has 1 aliphatic heterocycles. The molecule has 1 unspecified atom stereocenters. The van der Waals surface area contributed by atoms with Crippen molar-refractivity contribution in [2.75, 3.05) is 19.8 Å². The molecule has 0 bridgehead atoms. The van der Waals surface area contributed by atoms with Crippen molar-refractivity contribution in [3.63, 3.8) is 0 Å². The predicted octanol–water partition coefficient (Wildman–Crippen LogP) is 2.27. The van der Waals surface area contributed by atoms with Crippen LogP contribution in [0.5, 0.6) is 0 Å². The molecule has 0 aliphatic carbocycles. The number of hydrogen-bond acceptors (Lipinski definition) is 3. The Morgan fingerprint density at radius 3 is 2.53 bits per heavy atom. The van der Waals surface area contributed by atoms with Gasteiger partial charge in [-0.25, -0.2) is 0 Å². The first kappa shape index (κ1) is 12.6. The molecule has 0 spiro atoms. The van der Waals surface area contributed by atoms with E-state index in [-0.39, 0.29) is 11.7 Å². The highest BCUT2D eigenvalue weighted by molar-refractivity contribution is 5.17. The van der Waals surface area contributed by atoms with Gasteiger partial charge in [0, 0.05) is 32.6 Å². The molecule has 1 aliphatic rings. The van der Waals surface area contributed by atoms with Gasteiger partial charge in [0.2, 0.25) is 0 Å². The van der Waals surface area contributed by atoms with Crippen LogP contribution in [0.15, 0.2) is 30.3 Å². The normalized spacial score (nSPS) is 21.1. The average Bonchev–Trinajstić information content (AvgIpc) is 2.41. The number of ether oxygens (including phenoxy) is 2. The molecule has 3 heteroatoms. The Labute approximate surface area is 103 Å². The van der Waals surface area contributed by atoms with Gasteiger partial charge < -0.3 is 15.2 Å². The van der Waals surface area contributed by atoms with Gasteiger partial charge in [-0.1, -0.05) is 30.3 Å². The minimum Gasteiger partial charge on any atom is -0.381 e. The molecule has 1 aromatic carbocycles. The van der Waals surface area contributed by atoms with Crippen molar-refractivity contribution in [3.05, 3.63) is 35.9 Å². The monoisotopic (exact) mass is 235 g/mol. The summed E-state index contributed by atoms with van der Waals surface area (Å²) in [5.74, 6) is 0. The maximum Gasteiger partial charge on any atom is 0.0856 e. The first-order valence-electron chi connectivity index (χ1n) is 6.26. The van der Waals surface area contributed by atoms with Gasteiger partial charge in [-0.2, -0.15) is 0 Å². The topological polar surface area (TPSA) is 44.5 Å². The van der Waals surface area contributed by atoms with E-state index in [4.69, 9.17) is 15.2 Å². The van der Waals surface area contributed by atoms with Gasteiger partial charge in [-0.05, 0) is 12.5 Å². The van der Waals surface area contributed by atoms with E-state index in [1.807, 2.05) is 18.2 Å².